The van der Waals surface area contributed by atoms with E-state index in [2.05, 4.69) is 20.8 Å². The number of carbonyl (C=O) groups is 2. The van der Waals surface area contributed by atoms with Crippen LogP contribution in [0.4, 0.5) is 0 Å². The van der Waals surface area contributed by atoms with Crippen LogP contribution in [0.2, 0.25) is 0 Å². The van der Waals surface area contributed by atoms with Crippen LogP contribution in [0.1, 0.15) is 33.6 Å². The monoisotopic (exact) mass is 257 g/mol. The number of carboxylic acids is 1. The first-order valence-corrected chi connectivity index (χ1v) is 6.57. The molecule has 1 fully saturated rings. The predicted octanol–water partition coefficient (Wildman–Crippen LogP) is 1.37. The topological polar surface area (TPSA) is 66.8 Å². The molecule has 2 unspecified atom stereocenters. The average molecular weight is 257 g/mol. The number of hydrogen-bond acceptors (Lipinski definition) is 3. The van der Waals surface area contributed by atoms with E-state index >= 15 is 0 Å². The highest BCUT2D eigenvalue weighted by Crippen LogP contribution is 2.21. The van der Waals surface area contributed by atoms with E-state index in [0.717, 1.165) is 6.42 Å². The minimum Gasteiger partial charge on any atom is -0.480 e. The molecule has 2 atom stereocenters. The van der Waals surface area contributed by atoms with E-state index in [-0.39, 0.29) is 12.5 Å². The van der Waals surface area contributed by atoms with Crippen molar-refractivity contribution in [3.63, 3.8) is 0 Å². The second-order valence-electron chi connectivity index (χ2n) is 5.13. The summed E-state index contributed by atoms with van der Waals surface area (Å²) >= 11 is 0. The number of aliphatic carboxylic acids is 1. The summed E-state index contributed by atoms with van der Waals surface area (Å²) in [5, 5.41) is 9.08. The Morgan fingerprint density at radius 3 is 2.61 bits per heavy atom. The van der Waals surface area contributed by atoms with Crippen LogP contribution in [0.3, 0.4) is 0 Å². The molecule has 1 aliphatic heterocycles. The largest absolute Gasteiger partial charge is 0.480 e. The molecule has 104 valence electrons. The highest BCUT2D eigenvalue weighted by molar-refractivity contribution is 5.84. The van der Waals surface area contributed by atoms with Crippen molar-refractivity contribution in [1.82, 2.24) is 4.90 Å². The van der Waals surface area contributed by atoms with Gasteiger partial charge in [-0.3, -0.25) is 4.79 Å². The first-order chi connectivity index (χ1) is 8.47. The maximum absolute atomic E-state index is 12.2. The molecule has 0 aromatic rings. The number of hydrogen-bond donors (Lipinski definition) is 1. The highest BCUT2D eigenvalue weighted by atomic mass is 16.5. The van der Waals surface area contributed by atoms with E-state index < -0.39 is 12.0 Å². The van der Waals surface area contributed by atoms with Gasteiger partial charge in [-0.25, -0.2) is 4.79 Å². The molecule has 0 aromatic heterocycles. The summed E-state index contributed by atoms with van der Waals surface area (Å²) in [6.45, 7) is 7.15. The van der Waals surface area contributed by atoms with Crippen LogP contribution in [0, 0.1) is 11.8 Å². The summed E-state index contributed by atoms with van der Waals surface area (Å²) in [7, 11) is 0. The van der Waals surface area contributed by atoms with Crippen LogP contribution in [-0.2, 0) is 14.3 Å². The summed E-state index contributed by atoms with van der Waals surface area (Å²) < 4.78 is 5.13. The Balaban J connectivity index is 2.65. The van der Waals surface area contributed by atoms with Crippen LogP contribution < -0.4 is 0 Å². The third kappa shape index (κ3) is 3.70. The number of amides is 1. The second-order valence-corrected chi connectivity index (χ2v) is 5.13. The zero-order valence-corrected chi connectivity index (χ0v) is 11.4. The number of nitrogens with zero attached hydrogens (tertiary/aromatic N) is 1. The quantitative estimate of drug-likeness (QED) is 0.807. The smallest absolute Gasteiger partial charge is 0.328 e. The fraction of sp³-hybridized carbons (Fsp3) is 0.846. The molecule has 1 aliphatic rings. The Morgan fingerprint density at radius 1 is 1.44 bits per heavy atom. The maximum Gasteiger partial charge on any atom is 0.328 e. The molecular formula is C13H23NO4. The van der Waals surface area contributed by atoms with Crippen molar-refractivity contribution in [3.8, 4) is 0 Å². The van der Waals surface area contributed by atoms with Crippen molar-refractivity contribution >= 4 is 11.9 Å². The fourth-order valence-electron chi connectivity index (χ4n) is 2.30. The predicted molar refractivity (Wildman–Crippen MR) is 67.2 cm³/mol. The van der Waals surface area contributed by atoms with Gasteiger partial charge in [0.25, 0.3) is 0 Å². The van der Waals surface area contributed by atoms with Gasteiger partial charge in [0.2, 0.25) is 5.91 Å². The molecule has 0 bridgehead atoms. The van der Waals surface area contributed by atoms with Crippen molar-refractivity contribution in [1.29, 1.82) is 0 Å². The first kappa shape index (κ1) is 15.0. The van der Waals surface area contributed by atoms with Crippen molar-refractivity contribution < 1.29 is 19.4 Å². The van der Waals surface area contributed by atoms with Crippen molar-refractivity contribution in [2.45, 2.75) is 39.7 Å². The van der Waals surface area contributed by atoms with Crippen LogP contribution in [0.15, 0.2) is 0 Å². The van der Waals surface area contributed by atoms with Crippen molar-refractivity contribution in [2.75, 3.05) is 19.8 Å². The van der Waals surface area contributed by atoms with E-state index in [1.54, 1.807) is 0 Å². The number of ether oxygens (including phenoxy) is 1. The molecule has 0 radical (unpaired) electrons. The molecule has 1 heterocycles. The van der Waals surface area contributed by atoms with Gasteiger partial charge in [0, 0.05) is 13.0 Å². The molecule has 1 amide bonds. The Morgan fingerprint density at radius 2 is 2.11 bits per heavy atom. The molecule has 18 heavy (non-hydrogen) atoms. The number of carbonyl (C=O) groups excluding carboxylic acids is 1. The normalized spacial score (nSPS) is 22.0. The van der Waals surface area contributed by atoms with E-state index in [9.17, 15) is 9.59 Å². The number of rotatable bonds is 5. The summed E-state index contributed by atoms with van der Waals surface area (Å²) in [4.78, 5) is 24.7. The van der Waals surface area contributed by atoms with Crippen LogP contribution in [0.5, 0.6) is 0 Å². The molecule has 1 rings (SSSR count). The molecule has 0 saturated carbocycles. The minimum atomic E-state index is -0.986. The van der Waals surface area contributed by atoms with E-state index in [1.165, 1.54) is 4.90 Å². The van der Waals surface area contributed by atoms with E-state index in [1.807, 2.05) is 0 Å². The van der Waals surface area contributed by atoms with Gasteiger partial charge in [-0.2, -0.15) is 0 Å². The zero-order valence-electron chi connectivity index (χ0n) is 11.4. The Labute approximate surface area is 108 Å². The molecule has 5 heteroatoms. The molecule has 1 N–H and O–H groups in total. The second kappa shape index (κ2) is 6.73. The van der Waals surface area contributed by atoms with Gasteiger partial charge in [0.15, 0.2) is 6.04 Å². The van der Waals surface area contributed by atoms with Gasteiger partial charge in [-0.05, 0) is 11.8 Å². The van der Waals surface area contributed by atoms with Crippen LogP contribution in [-0.4, -0.2) is 47.7 Å². The molecule has 5 nitrogen and oxygen atoms in total. The van der Waals surface area contributed by atoms with E-state index in [4.69, 9.17) is 9.84 Å². The lowest BCUT2D eigenvalue weighted by Crippen LogP contribution is -2.53. The molecule has 1 saturated heterocycles. The van der Waals surface area contributed by atoms with Crippen LogP contribution >= 0.6 is 0 Å². The third-order valence-corrected chi connectivity index (χ3v) is 3.64. The number of morpholine rings is 1. The van der Waals surface area contributed by atoms with Gasteiger partial charge in [-0.15, -0.1) is 0 Å². The Hall–Kier alpha value is -1.10. The summed E-state index contributed by atoms with van der Waals surface area (Å²) in [5.74, 6) is -0.301. The zero-order chi connectivity index (χ0) is 13.7. The summed E-state index contributed by atoms with van der Waals surface area (Å²) in [6.07, 6.45) is 1.36. The fourth-order valence-corrected chi connectivity index (χ4v) is 2.30. The first-order valence-electron chi connectivity index (χ1n) is 6.57. The van der Waals surface area contributed by atoms with E-state index in [0.29, 0.717) is 31.4 Å². The number of carboxylic acid groups (broad SMARTS) is 1. The van der Waals surface area contributed by atoms with Gasteiger partial charge in [0.1, 0.15) is 0 Å². The standard InChI is InChI=1S/C13H23NO4/c1-4-10(9(2)3)7-12(15)14-5-6-18-8-11(14)13(16)17/h9-11H,4-8H2,1-3H3,(H,16,17). The highest BCUT2D eigenvalue weighted by Gasteiger charge is 2.33. The van der Waals surface area contributed by atoms with Crippen molar-refractivity contribution in [2.24, 2.45) is 11.8 Å². The van der Waals surface area contributed by atoms with Gasteiger partial charge in [0.05, 0.1) is 13.2 Å². The average Bonchev–Trinajstić information content (AvgIpc) is 2.35. The summed E-state index contributed by atoms with van der Waals surface area (Å²) in [5.41, 5.74) is 0. The van der Waals surface area contributed by atoms with Gasteiger partial charge >= 0.3 is 5.97 Å². The molecular weight excluding hydrogens is 234 g/mol. The maximum atomic E-state index is 12.2. The van der Waals surface area contributed by atoms with Gasteiger partial charge in [-0.1, -0.05) is 27.2 Å². The Kier molecular flexibility index (Phi) is 5.59. The SMILES string of the molecule is CCC(CC(=O)N1CCOCC1C(=O)O)C(C)C. The third-order valence-electron chi connectivity index (χ3n) is 3.64. The lowest BCUT2D eigenvalue weighted by atomic mass is 9.89. The van der Waals surface area contributed by atoms with Crippen molar-refractivity contribution in [3.05, 3.63) is 0 Å². The minimum absolute atomic E-state index is 0.0637. The molecule has 0 aliphatic carbocycles. The summed E-state index contributed by atoms with van der Waals surface area (Å²) in [6, 6.07) is -0.823. The van der Waals surface area contributed by atoms with Gasteiger partial charge < -0.3 is 14.7 Å². The lowest BCUT2D eigenvalue weighted by molar-refractivity contribution is -0.158. The molecule has 0 spiro atoms. The molecule has 0 aromatic carbocycles. The lowest BCUT2D eigenvalue weighted by Gasteiger charge is -2.34. The Bertz CT molecular complexity index is 303. The van der Waals surface area contributed by atoms with Crippen LogP contribution in [0.25, 0.3) is 0 Å².